The fourth-order valence-electron chi connectivity index (χ4n) is 1.86. The van der Waals surface area contributed by atoms with Gasteiger partial charge in [-0.05, 0) is 6.07 Å². The molecule has 3 aromatic rings. The molecular weight excluding hydrogens is 228 g/mol. The van der Waals surface area contributed by atoms with Gasteiger partial charge in [0.2, 0.25) is 0 Å². The zero-order chi connectivity index (χ0) is 11.3. The Morgan fingerprint density at radius 3 is 2.31 bits per heavy atom. The van der Waals surface area contributed by atoms with Gasteiger partial charge < -0.3 is 0 Å². The van der Waals surface area contributed by atoms with Crippen molar-refractivity contribution in [1.82, 2.24) is 10.2 Å². The standard InChI is InChI=1S/C10H8N2O3S/c13-16(14,15)9-5-8-10(12-11-8)7-4-2-1-3-6(7)9/h1-5,11-12H,(H,13,14,15). The molecule has 0 unspecified atom stereocenters. The molecule has 82 valence electrons. The maximum atomic E-state index is 11.2. The number of nitrogens with one attached hydrogen (secondary N) is 2. The predicted octanol–water partition coefficient (Wildman–Crippen LogP) is 1.90. The highest BCUT2D eigenvalue weighted by Gasteiger charge is 2.17. The van der Waals surface area contributed by atoms with Gasteiger partial charge >= 0.3 is 0 Å². The molecule has 1 heterocycles. The Bertz CT molecular complexity index is 783. The summed E-state index contributed by atoms with van der Waals surface area (Å²) in [6.07, 6.45) is 0. The summed E-state index contributed by atoms with van der Waals surface area (Å²) in [6, 6.07) is 8.44. The van der Waals surface area contributed by atoms with Crippen LogP contribution in [0.1, 0.15) is 0 Å². The van der Waals surface area contributed by atoms with Crippen LogP contribution in [-0.2, 0) is 10.1 Å². The van der Waals surface area contributed by atoms with Crippen molar-refractivity contribution in [3.8, 4) is 0 Å². The van der Waals surface area contributed by atoms with Gasteiger partial charge in [-0.1, -0.05) is 24.3 Å². The first-order chi connectivity index (χ1) is 7.57. The average Bonchev–Trinajstić information content (AvgIpc) is 2.16. The van der Waals surface area contributed by atoms with E-state index < -0.39 is 10.1 Å². The molecule has 0 radical (unpaired) electrons. The fraction of sp³-hybridized carbons (Fsp3) is 0. The lowest BCUT2D eigenvalue weighted by Crippen LogP contribution is -2.02. The highest BCUT2D eigenvalue weighted by Crippen LogP contribution is 2.29. The van der Waals surface area contributed by atoms with Crippen LogP contribution in [0.2, 0.25) is 0 Å². The van der Waals surface area contributed by atoms with E-state index in [1.165, 1.54) is 6.07 Å². The van der Waals surface area contributed by atoms with E-state index in [9.17, 15) is 8.42 Å². The van der Waals surface area contributed by atoms with E-state index in [0.717, 1.165) is 10.9 Å². The Labute approximate surface area is 90.8 Å². The van der Waals surface area contributed by atoms with E-state index in [-0.39, 0.29) is 4.90 Å². The van der Waals surface area contributed by atoms with Crippen LogP contribution in [0.5, 0.6) is 0 Å². The third-order valence-corrected chi connectivity index (χ3v) is 3.50. The topological polar surface area (TPSA) is 85.9 Å². The third kappa shape index (κ3) is 1.17. The Hall–Kier alpha value is -1.79. The molecule has 0 atom stereocenters. The number of hydrogen-bond donors (Lipinski definition) is 3. The van der Waals surface area contributed by atoms with Crippen LogP contribution >= 0.6 is 0 Å². The van der Waals surface area contributed by atoms with Crippen molar-refractivity contribution < 1.29 is 13.0 Å². The minimum absolute atomic E-state index is 0.0733. The minimum Gasteiger partial charge on any atom is -0.299 e. The molecule has 0 aliphatic carbocycles. The van der Waals surface area contributed by atoms with Gasteiger partial charge in [0.25, 0.3) is 10.1 Å². The van der Waals surface area contributed by atoms with Crippen molar-refractivity contribution in [3.05, 3.63) is 30.3 Å². The molecule has 0 fully saturated rings. The summed E-state index contributed by atoms with van der Waals surface area (Å²) in [4.78, 5) is -0.0733. The summed E-state index contributed by atoms with van der Waals surface area (Å²) in [5, 5.41) is 6.93. The molecule has 0 aliphatic heterocycles. The van der Waals surface area contributed by atoms with Crippen molar-refractivity contribution >= 4 is 31.9 Å². The Morgan fingerprint density at radius 2 is 1.75 bits per heavy atom. The predicted molar refractivity (Wildman–Crippen MR) is 60.0 cm³/mol. The quantitative estimate of drug-likeness (QED) is 0.564. The number of benzene rings is 2. The highest BCUT2D eigenvalue weighted by molar-refractivity contribution is 7.86. The van der Waals surface area contributed by atoms with Crippen LogP contribution in [0.15, 0.2) is 35.2 Å². The van der Waals surface area contributed by atoms with Gasteiger partial charge in [0, 0.05) is 10.8 Å². The van der Waals surface area contributed by atoms with Crippen molar-refractivity contribution in [3.63, 3.8) is 0 Å². The number of hydrogen-bond acceptors (Lipinski definition) is 2. The fourth-order valence-corrected chi connectivity index (χ4v) is 2.58. The smallest absolute Gasteiger partial charge is 0.295 e. The molecule has 1 aromatic heterocycles. The Balaban J connectivity index is 2.59. The normalized spacial score (nSPS) is 12.6. The molecule has 0 aliphatic rings. The van der Waals surface area contributed by atoms with Gasteiger partial charge in [-0.2, -0.15) is 8.42 Å². The molecular formula is C10H8N2O3S. The molecule has 0 spiro atoms. The second-order valence-corrected chi connectivity index (χ2v) is 4.96. The SMILES string of the molecule is O=S(=O)(O)c1cc2[nH][nH]c2c2ccccc12. The number of aromatic amines is 2. The average molecular weight is 236 g/mol. The van der Waals surface area contributed by atoms with E-state index in [1.54, 1.807) is 18.2 Å². The van der Waals surface area contributed by atoms with Gasteiger partial charge in [-0.3, -0.25) is 14.8 Å². The minimum atomic E-state index is -4.20. The van der Waals surface area contributed by atoms with Crippen LogP contribution in [0.25, 0.3) is 21.8 Å². The zero-order valence-electron chi connectivity index (χ0n) is 8.06. The lowest BCUT2D eigenvalue weighted by molar-refractivity contribution is 0.484. The summed E-state index contributed by atoms with van der Waals surface area (Å²) in [5.41, 5.74) is 1.52. The summed E-state index contributed by atoms with van der Waals surface area (Å²) < 4.78 is 31.6. The highest BCUT2D eigenvalue weighted by atomic mass is 32.2. The van der Waals surface area contributed by atoms with Crippen molar-refractivity contribution in [2.24, 2.45) is 0 Å². The molecule has 3 N–H and O–H groups in total. The second-order valence-electron chi connectivity index (χ2n) is 3.57. The number of fused-ring (bicyclic) bond motifs is 3. The van der Waals surface area contributed by atoms with Gasteiger partial charge in [-0.15, -0.1) is 0 Å². The van der Waals surface area contributed by atoms with Crippen LogP contribution < -0.4 is 0 Å². The van der Waals surface area contributed by atoms with Crippen molar-refractivity contribution in [1.29, 1.82) is 0 Å². The zero-order valence-corrected chi connectivity index (χ0v) is 8.88. The second kappa shape index (κ2) is 2.87. The summed E-state index contributed by atoms with van der Waals surface area (Å²) in [6.45, 7) is 0. The number of H-pyrrole nitrogens is 2. The van der Waals surface area contributed by atoms with Crippen LogP contribution in [0.4, 0.5) is 0 Å². The van der Waals surface area contributed by atoms with Gasteiger partial charge in [0.1, 0.15) is 4.90 Å². The van der Waals surface area contributed by atoms with Crippen LogP contribution in [-0.4, -0.2) is 23.2 Å². The van der Waals surface area contributed by atoms with Gasteiger partial charge in [-0.25, -0.2) is 0 Å². The number of aromatic nitrogens is 2. The first kappa shape index (κ1) is 9.44. The molecule has 0 amide bonds. The lowest BCUT2D eigenvalue weighted by Gasteiger charge is -2.10. The van der Waals surface area contributed by atoms with E-state index in [0.29, 0.717) is 10.9 Å². The Kier molecular flexibility index (Phi) is 1.69. The molecule has 0 saturated heterocycles. The summed E-state index contributed by atoms with van der Waals surface area (Å²) in [5.74, 6) is 0. The third-order valence-electron chi connectivity index (χ3n) is 2.61. The lowest BCUT2D eigenvalue weighted by atomic mass is 10.1. The van der Waals surface area contributed by atoms with E-state index in [4.69, 9.17) is 4.55 Å². The van der Waals surface area contributed by atoms with E-state index >= 15 is 0 Å². The van der Waals surface area contributed by atoms with E-state index in [1.807, 2.05) is 6.07 Å². The largest absolute Gasteiger partial charge is 0.299 e. The van der Waals surface area contributed by atoms with E-state index in [2.05, 4.69) is 10.2 Å². The van der Waals surface area contributed by atoms with Crippen molar-refractivity contribution in [2.75, 3.05) is 0 Å². The molecule has 6 heteroatoms. The Morgan fingerprint density at radius 1 is 1.06 bits per heavy atom. The summed E-state index contributed by atoms with van der Waals surface area (Å²) in [7, 11) is -4.20. The van der Waals surface area contributed by atoms with Crippen LogP contribution in [0.3, 0.4) is 0 Å². The molecule has 16 heavy (non-hydrogen) atoms. The first-order valence-corrected chi connectivity index (χ1v) is 6.06. The molecule has 5 nitrogen and oxygen atoms in total. The first-order valence-electron chi connectivity index (χ1n) is 4.62. The monoisotopic (exact) mass is 236 g/mol. The maximum absolute atomic E-state index is 11.2. The molecule has 0 saturated carbocycles. The summed E-state index contributed by atoms with van der Waals surface area (Å²) >= 11 is 0. The van der Waals surface area contributed by atoms with Gasteiger partial charge in [0.05, 0.1) is 11.0 Å². The maximum Gasteiger partial charge on any atom is 0.295 e. The van der Waals surface area contributed by atoms with Gasteiger partial charge in [0.15, 0.2) is 0 Å². The molecule has 0 bridgehead atoms. The number of rotatable bonds is 1. The van der Waals surface area contributed by atoms with Crippen LogP contribution in [0, 0.1) is 0 Å². The molecule has 3 rings (SSSR count). The molecule has 2 aromatic carbocycles. The van der Waals surface area contributed by atoms with Crippen molar-refractivity contribution in [2.45, 2.75) is 4.90 Å².